The van der Waals surface area contributed by atoms with Gasteiger partial charge in [0.15, 0.2) is 23.1 Å². The molecule has 0 atom stereocenters. The fourth-order valence-corrected chi connectivity index (χ4v) is 3.95. The number of non-ortho nitro benzene ring substituents is 1. The van der Waals surface area contributed by atoms with E-state index in [2.05, 4.69) is 9.88 Å². The summed E-state index contributed by atoms with van der Waals surface area (Å²) >= 11 is 0. The fraction of sp³-hybridized carbons (Fsp3) is 0.375. The van der Waals surface area contributed by atoms with Gasteiger partial charge >= 0.3 is 0 Å². The van der Waals surface area contributed by atoms with E-state index in [4.69, 9.17) is 14.2 Å². The first-order chi connectivity index (χ1) is 16.0. The summed E-state index contributed by atoms with van der Waals surface area (Å²) in [4.78, 5) is 17.0. The van der Waals surface area contributed by atoms with Crippen molar-refractivity contribution in [2.45, 2.75) is 25.7 Å². The second-order valence-electron chi connectivity index (χ2n) is 7.91. The summed E-state index contributed by atoms with van der Waals surface area (Å²) in [7, 11) is 1.55. The molecule has 1 aliphatic heterocycles. The van der Waals surface area contributed by atoms with Crippen molar-refractivity contribution in [3.8, 4) is 23.0 Å². The van der Waals surface area contributed by atoms with E-state index in [0.29, 0.717) is 34.8 Å². The van der Waals surface area contributed by atoms with Gasteiger partial charge in [-0.1, -0.05) is 6.42 Å². The molecule has 0 radical (unpaired) electrons. The number of methoxy groups -OCH3 is 1. The van der Waals surface area contributed by atoms with E-state index in [1.165, 1.54) is 31.4 Å². The van der Waals surface area contributed by atoms with Crippen molar-refractivity contribution in [3.63, 3.8) is 0 Å². The topological polar surface area (TPSA) is 87.0 Å². The molecule has 1 aliphatic rings. The smallest absolute Gasteiger partial charge is 0.272 e. The number of likely N-dealkylation sites (tertiary alicyclic amines) is 1. The van der Waals surface area contributed by atoms with Gasteiger partial charge in [0.1, 0.15) is 5.75 Å². The van der Waals surface area contributed by atoms with Crippen molar-refractivity contribution in [2.24, 2.45) is 0 Å². The second-order valence-corrected chi connectivity index (χ2v) is 7.91. The van der Waals surface area contributed by atoms with Crippen LogP contribution in [0.3, 0.4) is 0 Å². The third-order valence-corrected chi connectivity index (χ3v) is 5.66. The lowest BCUT2D eigenvalue weighted by Gasteiger charge is -2.26. The number of fused-ring (bicyclic) bond motifs is 1. The summed E-state index contributed by atoms with van der Waals surface area (Å²) < 4.78 is 31.5. The normalized spacial score (nSPS) is 14.2. The van der Waals surface area contributed by atoms with Crippen molar-refractivity contribution in [2.75, 3.05) is 33.4 Å². The molecule has 0 amide bonds. The van der Waals surface area contributed by atoms with Crippen molar-refractivity contribution in [1.82, 2.24) is 9.88 Å². The number of pyridine rings is 1. The van der Waals surface area contributed by atoms with Crippen LogP contribution in [0.4, 0.5) is 10.1 Å². The number of hydrogen-bond donors (Lipinski definition) is 0. The van der Waals surface area contributed by atoms with Gasteiger partial charge in [-0.05, 0) is 50.6 Å². The molecule has 0 unspecified atom stereocenters. The maximum absolute atomic E-state index is 14.3. The number of nitro benzene ring substituents is 1. The zero-order valence-electron chi connectivity index (χ0n) is 18.5. The molecule has 0 N–H and O–H groups in total. The first kappa shape index (κ1) is 22.7. The molecule has 0 aliphatic carbocycles. The Bertz CT molecular complexity index is 1130. The van der Waals surface area contributed by atoms with Crippen LogP contribution in [0.1, 0.15) is 25.7 Å². The molecule has 3 aromatic rings. The van der Waals surface area contributed by atoms with Gasteiger partial charge < -0.3 is 19.1 Å². The summed E-state index contributed by atoms with van der Waals surface area (Å²) in [5.74, 6) is 0.500. The fourth-order valence-electron chi connectivity index (χ4n) is 3.95. The maximum Gasteiger partial charge on any atom is 0.272 e. The Morgan fingerprint density at radius 2 is 1.88 bits per heavy atom. The Labute approximate surface area is 191 Å². The van der Waals surface area contributed by atoms with E-state index in [1.54, 1.807) is 31.5 Å². The van der Waals surface area contributed by atoms with Crippen LogP contribution < -0.4 is 14.2 Å². The second kappa shape index (κ2) is 10.4. The Hall–Kier alpha value is -3.46. The number of piperidine rings is 1. The molecule has 0 saturated carbocycles. The minimum atomic E-state index is -0.824. The van der Waals surface area contributed by atoms with Gasteiger partial charge in [0, 0.05) is 30.3 Å². The third-order valence-electron chi connectivity index (χ3n) is 5.66. The molecule has 1 aromatic heterocycles. The molecule has 1 saturated heterocycles. The summed E-state index contributed by atoms with van der Waals surface area (Å²) in [6.07, 6.45) is 6.31. The van der Waals surface area contributed by atoms with Crippen LogP contribution in [-0.2, 0) is 0 Å². The number of aromatic nitrogens is 1. The minimum Gasteiger partial charge on any atom is -0.493 e. The van der Waals surface area contributed by atoms with Gasteiger partial charge in [-0.3, -0.25) is 15.1 Å². The van der Waals surface area contributed by atoms with Crippen LogP contribution >= 0.6 is 0 Å². The highest BCUT2D eigenvalue weighted by molar-refractivity contribution is 5.88. The Morgan fingerprint density at radius 1 is 1.06 bits per heavy atom. The molecular weight excluding hydrogens is 429 g/mol. The molecule has 1 fully saturated rings. The standard InChI is InChI=1S/C24H26FN3O5/c1-31-23-15-18-20(16-24(23)32-13-5-12-27-10-3-2-4-11-27)26-9-8-21(18)33-22-7-6-17(28(29)30)14-19(22)25/h6-9,14-16H,2-5,10-13H2,1H3. The average Bonchev–Trinajstić information content (AvgIpc) is 2.83. The number of nitro groups is 1. The average molecular weight is 455 g/mol. The van der Waals surface area contributed by atoms with Crippen LogP contribution in [0.5, 0.6) is 23.0 Å². The van der Waals surface area contributed by atoms with Crippen LogP contribution in [0, 0.1) is 15.9 Å². The van der Waals surface area contributed by atoms with Crippen LogP contribution in [0.2, 0.25) is 0 Å². The highest BCUT2D eigenvalue weighted by Gasteiger charge is 2.16. The molecular formula is C24H26FN3O5. The van der Waals surface area contributed by atoms with Crippen molar-refractivity contribution < 1.29 is 23.5 Å². The maximum atomic E-state index is 14.3. The van der Waals surface area contributed by atoms with Gasteiger partial charge in [-0.15, -0.1) is 0 Å². The molecule has 8 nitrogen and oxygen atoms in total. The predicted molar refractivity (Wildman–Crippen MR) is 122 cm³/mol. The lowest BCUT2D eigenvalue weighted by atomic mass is 10.1. The monoisotopic (exact) mass is 455 g/mol. The number of halogens is 1. The molecule has 174 valence electrons. The van der Waals surface area contributed by atoms with Gasteiger partial charge in [0.2, 0.25) is 0 Å². The van der Waals surface area contributed by atoms with E-state index in [0.717, 1.165) is 32.1 Å². The van der Waals surface area contributed by atoms with Crippen molar-refractivity contribution in [3.05, 3.63) is 58.5 Å². The highest BCUT2D eigenvalue weighted by atomic mass is 19.1. The van der Waals surface area contributed by atoms with E-state index >= 15 is 0 Å². The molecule has 2 heterocycles. The van der Waals surface area contributed by atoms with Gasteiger partial charge in [0.05, 0.1) is 30.2 Å². The number of ether oxygens (including phenoxy) is 3. The van der Waals surface area contributed by atoms with Crippen LogP contribution in [0.15, 0.2) is 42.6 Å². The SMILES string of the molecule is COc1cc2c(Oc3ccc([N+](=O)[O-])cc3F)ccnc2cc1OCCCN1CCCCC1. The van der Waals surface area contributed by atoms with Crippen LogP contribution in [-0.4, -0.2) is 48.2 Å². The Balaban J connectivity index is 1.50. The zero-order chi connectivity index (χ0) is 23.2. The molecule has 2 aromatic carbocycles. The van der Waals surface area contributed by atoms with Crippen molar-refractivity contribution in [1.29, 1.82) is 0 Å². The minimum absolute atomic E-state index is 0.120. The third kappa shape index (κ3) is 5.48. The lowest BCUT2D eigenvalue weighted by molar-refractivity contribution is -0.385. The number of hydrogen-bond acceptors (Lipinski definition) is 7. The van der Waals surface area contributed by atoms with E-state index in [9.17, 15) is 14.5 Å². The van der Waals surface area contributed by atoms with Gasteiger partial charge in [0.25, 0.3) is 5.69 Å². The molecule has 4 rings (SSSR count). The van der Waals surface area contributed by atoms with E-state index in [-0.39, 0.29) is 11.4 Å². The quantitative estimate of drug-likeness (QED) is 0.245. The largest absolute Gasteiger partial charge is 0.493 e. The molecule has 33 heavy (non-hydrogen) atoms. The summed E-state index contributed by atoms with van der Waals surface area (Å²) in [5.41, 5.74) is 0.254. The highest BCUT2D eigenvalue weighted by Crippen LogP contribution is 2.38. The van der Waals surface area contributed by atoms with Crippen molar-refractivity contribution >= 4 is 16.6 Å². The summed E-state index contributed by atoms with van der Waals surface area (Å²) in [6.45, 7) is 3.87. The van der Waals surface area contributed by atoms with Crippen LogP contribution in [0.25, 0.3) is 10.9 Å². The Morgan fingerprint density at radius 3 is 2.61 bits per heavy atom. The summed E-state index contributed by atoms with van der Waals surface area (Å²) in [6, 6.07) is 8.36. The predicted octanol–water partition coefficient (Wildman–Crippen LogP) is 5.34. The molecule has 9 heteroatoms. The number of nitrogens with zero attached hydrogens (tertiary/aromatic N) is 3. The first-order valence-electron chi connectivity index (χ1n) is 11.0. The molecule has 0 bridgehead atoms. The number of benzene rings is 2. The van der Waals surface area contributed by atoms with Gasteiger partial charge in [-0.25, -0.2) is 4.39 Å². The van der Waals surface area contributed by atoms with E-state index in [1.807, 2.05) is 0 Å². The van der Waals surface area contributed by atoms with E-state index < -0.39 is 10.7 Å². The molecule has 0 spiro atoms. The van der Waals surface area contributed by atoms with Gasteiger partial charge in [-0.2, -0.15) is 0 Å². The lowest BCUT2D eigenvalue weighted by Crippen LogP contribution is -2.31. The summed E-state index contributed by atoms with van der Waals surface area (Å²) in [5, 5.41) is 11.4. The Kier molecular flexibility index (Phi) is 7.19. The number of rotatable bonds is 9. The first-order valence-corrected chi connectivity index (χ1v) is 11.0. The zero-order valence-corrected chi connectivity index (χ0v) is 18.5.